The van der Waals surface area contributed by atoms with E-state index in [0.29, 0.717) is 12.3 Å². The number of hydrogen-bond acceptors (Lipinski definition) is 2. The number of nitrogens with one attached hydrogen (secondary N) is 1. The van der Waals surface area contributed by atoms with Crippen molar-refractivity contribution in [1.29, 1.82) is 0 Å². The molecule has 4 aromatic rings. The summed E-state index contributed by atoms with van der Waals surface area (Å²) < 4.78 is 0. The van der Waals surface area contributed by atoms with Crippen molar-refractivity contribution in [3.63, 3.8) is 0 Å². The van der Waals surface area contributed by atoms with Gasteiger partial charge in [-0.25, -0.2) is 0 Å². The van der Waals surface area contributed by atoms with Crippen molar-refractivity contribution in [3.05, 3.63) is 114 Å². The molecule has 3 N–H and O–H groups in total. The number of rotatable bonds is 5. The molecular weight excluding hydrogens is 404 g/mol. The number of nitrogens with two attached hydrogens (primary N) is 1. The average molecular weight is 429 g/mol. The zero-order valence-electron chi connectivity index (χ0n) is 17.1. The summed E-state index contributed by atoms with van der Waals surface area (Å²) in [4.78, 5) is 12.6. The molecule has 5 rings (SSSR count). The Hall–Kier alpha value is -3.14. The van der Waals surface area contributed by atoms with Gasteiger partial charge in [0.15, 0.2) is 0 Å². The lowest BCUT2D eigenvalue weighted by molar-refractivity contribution is -0.115. The molecule has 0 heterocycles. The smallest absolute Gasteiger partial charge is 0.228 e. The lowest BCUT2D eigenvalue weighted by Gasteiger charge is -2.13. The molecule has 1 fully saturated rings. The van der Waals surface area contributed by atoms with Gasteiger partial charge in [-0.2, -0.15) is 0 Å². The van der Waals surface area contributed by atoms with Crippen LogP contribution >= 0.6 is 12.4 Å². The molecule has 1 saturated carbocycles. The van der Waals surface area contributed by atoms with Crippen LogP contribution in [0.1, 0.15) is 29.0 Å². The molecule has 0 aliphatic heterocycles. The van der Waals surface area contributed by atoms with Crippen LogP contribution in [0, 0.1) is 0 Å². The van der Waals surface area contributed by atoms with Crippen molar-refractivity contribution >= 4 is 34.8 Å². The highest BCUT2D eigenvalue weighted by atomic mass is 35.5. The lowest BCUT2D eigenvalue weighted by Crippen LogP contribution is -2.21. The Morgan fingerprint density at radius 1 is 0.871 bits per heavy atom. The SMILES string of the molecule is Cl.NC1(c2ccccc2)CC1c1ccc(NC(=O)Cc2cccc3ccccc23)cc1. The molecule has 0 saturated heterocycles. The molecule has 0 radical (unpaired) electrons. The Labute approximate surface area is 188 Å². The first-order valence-corrected chi connectivity index (χ1v) is 10.3. The fourth-order valence-corrected chi connectivity index (χ4v) is 4.39. The first-order chi connectivity index (χ1) is 14.6. The molecule has 2 unspecified atom stereocenters. The molecule has 1 aliphatic rings. The Morgan fingerprint density at radius 3 is 2.32 bits per heavy atom. The van der Waals surface area contributed by atoms with Gasteiger partial charge in [0.2, 0.25) is 5.91 Å². The second-order valence-corrected chi connectivity index (χ2v) is 8.15. The molecule has 1 aliphatic carbocycles. The Kier molecular flexibility index (Phi) is 5.81. The first-order valence-electron chi connectivity index (χ1n) is 10.3. The third kappa shape index (κ3) is 4.20. The van der Waals surface area contributed by atoms with E-state index in [1.54, 1.807) is 0 Å². The minimum absolute atomic E-state index is 0. The van der Waals surface area contributed by atoms with E-state index in [9.17, 15) is 4.79 Å². The van der Waals surface area contributed by atoms with Gasteiger partial charge >= 0.3 is 0 Å². The van der Waals surface area contributed by atoms with E-state index < -0.39 is 0 Å². The Balaban J connectivity index is 0.00000231. The van der Waals surface area contributed by atoms with Crippen LogP contribution in [-0.4, -0.2) is 5.91 Å². The van der Waals surface area contributed by atoms with Crippen LogP contribution in [0.3, 0.4) is 0 Å². The number of amides is 1. The summed E-state index contributed by atoms with van der Waals surface area (Å²) in [6.07, 6.45) is 1.30. The summed E-state index contributed by atoms with van der Waals surface area (Å²) in [6, 6.07) is 32.6. The highest BCUT2D eigenvalue weighted by Gasteiger charge is 2.52. The number of anilines is 1. The predicted octanol–water partition coefficient (Wildman–Crippen LogP) is 5.78. The van der Waals surface area contributed by atoms with E-state index in [0.717, 1.165) is 28.4 Å². The van der Waals surface area contributed by atoms with Crippen molar-refractivity contribution in [1.82, 2.24) is 0 Å². The largest absolute Gasteiger partial charge is 0.326 e. The normalized spacial score (nSPS) is 19.5. The Morgan fingerprint density at radius 2 is 1.55 bits per heavy atom. The van der Waals surface area contributed by atoms with Gasteiger partial charge in [0.25, 0.3) is 0 Å². The molecule has 0 spiro atoms. The average Bonchev–Trinajstić information content (AvgIpc) is 3.48. The summed E-state index contributed by atoms with van der Waals surface area (Å²) in [5, 5.41) is 5.30. The fraction of sp³-hybridized carbons (Fsp3) is 0.148. The summed E-state index contributed by atoms with van der Waals surface area (Å²) in [5.41, 5.74) is 10.6. The van der Waals surface area contributed by atoms with E-state index in [1.165, 1.54) is 11.1 Å². The standard InChI is InChI=1S/C27H24N2O.ClH/c28-27(22-10-2-1-3-11-22)18-25(27)20-13-15-23(16-14-20)29-26(30)17-21-9-6-8-19-7-4-5-12-24(19)21;/h1-16,25H,17-18,28H2,(H,29,30);1H. The predicted molar refractivity (Wildman–Crippen MR) is 130 cm³/mol. The zero-order chi connectivity index (χ0) is 20.6. The number of fused-ring (bicyclic) bond motifs is 1. The van der Waals surface area contributed by atoms with Crippen LogP contribution < -0.4 is 11.1 Å². The minimum atomic E-state index is -0.277. The van der Waals surface area contributed by atoms with Crippen LogP contribution in [0.5, 0.6) is 0 Å². The molecule has 0 aromatic heterocycles. The molecule has 156 valence electrons. The molecular formula is C27H25ClN2O. The van der Waals surface area contributed by atoms with Crippen molar-refractivity contribution in [2.24, 2.45) is 5.73 Å². The number of carbonyl (C=O) groups is 1. The molecule has 4 heteroatoms. The second-order valence-electron chi connectivity index (χ2n) is 8.15. The van der Waals surface area contributed by atoms with Crippen LogP contribution in [0.4, 0.5) is 5.69 Å². The van der Waals surface area contributed by atoms with Crippen LogP contribution in [0.2, 0.25) is 0 Å². The maximum absolute atomic E-state index is 12.6. The summed E-state index contributed by atoms with van der Waals surface area (Å²) >= 11 is 0. The summed E-state index contributed by atoms with van der Waals surface area (Å²) in [6.45, 7) is 0. The maximum Gasteiger partial charge on any atom is 0.228 e. The number of benzene rings is 4. The third-order valence-corrected chi connectivity index (χ3v) is 6.14. The third-order valence-electron chi connectivity index (χ3n) is 6.14. The monoisotopic (exact) mass is 428 g/mol. The van der Waals surface area contributed by atoms with Crippen LogP contribution in [0.15, 0.2) is 97.1 Å². The molecule has 1 amide bonds. The second kappa shape index (κ2) is 8.54. The highest BCUT2D eigenvalue weighted by Crippen LogP contribution is 2.56. The van der Waals surface area contributed by atoms with E-state index in [2.05, 4.69) is 47.8 Å². The fourth-order valence-electron chi connectivity index (χ4n) is 4.39. The van der Waals surface area contributed by atoms with Crippen molar-refractivity contribution in [2.75, 3.05) is 5.32 Å². The van der Waals surface area contributed by atoms with Crippen molar-refractivity contribution in [3.8, 4) is 0 Å². The van der Waals surface area contributed by atoms with Crippen molar-refractivity contribution < 1.29 is 4.79 Å². The van der Waals surface area contributed by atoms with Gasteiger partial charge in [0, 0.05) is 17.1 Å². The molecule has 3 nitrogen and oxygen atoms in total. The number of carbonyl (C=O) groups excluding carboxylic acids is 1. The molecule has 31 heavy (non-hydrogen) atoms. The quantitative estimate of drug-likeness (QED) is 0.423. The van der Waals surface area contributed by atoms with Gasteiger partial charge in [0.1, 0.15) is 0 Å². The molecule has 2 atom stereocenters. The maximum atomic E-state index is 12.6. The molecule has 4 aromatic carbocycles. The van der Waals surface area contributed by atoms with Gasteiger partial charge in [0.05, 0.1) is 6.42 Å². The zero-order valence-corrected chi connectivity index (χ0v) is 17.9. The first kappa shape index (κ1) is 21.1. The van der Waals surface area contributed by atoms with Gasteiger partial charge < -0.3 is 11.1 Å². The van der Waals surface area contributed by atoms with E-state index in [-0.39, 0.29) is 23.9 Å². The van der Waals surface area contributed by atoms with Crippen molar-refractivity contribution in [2.45, 2.75) is 24.3 Å². The topological polar surface area (TPSA) is 55.1 Å². The van der Waals surface area contributed by atoms with Gasteiger partial charge in [-0.3, -0.25) is 4.79 Å². The highest BCUT2D eigenvalue weighted by molar-refractivity contribution is 5.96. The Bertz CT molecular complexity index is 1200. The van der Waals surface area contributed by atoms with E-state index in [4.69, 9.17) is 5.73 Å². The van der Waals surface area contributed by atoms with Gasteiger partial charge in [-0.1, -0.05) is 84.9 Å². The number of halogens is 1. The van der Waals surface area contributed by atoms with Gasteiger partial charge in [-0.05, 0) is 46.0 Å². The number of hydrogen-bond donors (Lipinski definition) is 2. The van der Waals surface area contributed by atoms with E-state index >= 15 is 0 Å². The summed E-state index contributed by atoms with van der Waals surface area (Å²) in [7, 11) is 0. The minimum Gasteiger partial charge on any atom is -0.326 e. The van der Waals surface area contributed by atoms with Crippen LogP contribution in [-0.2, 0) is 16.8 Å². The molecule has 0 bridgehead atoms. The summed E-state index contributed by atoms with van der Waals surface area (Å²) in [5.74, 6) is 0.309. The van der Waals surface area contributed by atoms with E-state index in [1.807, 2.05) is 54.6 Å². The van der Waals surface area contributed by atoms with Gasteiger partial charge in [-0.15, -0.1) is 12.4 Å². The van der Waals surface area contributed by atoms with Crippen LogP contribution in [0.25, 0.3) is 10.8 Å². The lowest BCUT2D eigenvalue weighted by atomic mass is 9.99.